The number of aryl methyl sites for hydroxylation is 1. The van der Waals surface area contributed by atoms with Gasteiger partial charge in [0, 0.05) is 11.3 Å². The maximum absolute atomic E-state index is 12.5. The first-order valence-electron chi connectivity index (χ1n) is 8.87. The molecule has 146 valence electrons. The molecule has 2 aromatic carbocycles. The van der Waals surface area contributed by atoms with Crippen LogP contribution >= 0.6 is 0 Å². The van der Waals surface area contributed by atoms with Crippen molar-refractivity contribution in [3.8, 4) is 17.1 Å². The smallest absolute Gasteiger partial charge is 0.356 e. The van der Waals surface area contributed by atoms with E-state index in [9.17, 15) is 14.7 Å². The topological polar surface area (TPSA) is 106 Å². The number of rotatable bonds is 4. The highest BCUT2D eigenvalue weighted by Gasteiger charge is 2.44. The molecule has 0 spiro atoms. The number of nitrogens with zero attached hydrogens (tertiary/aromatic N) is 3. The van der Waals surface area contributed by atoms with E-state index in [1.807, 2.05) is 12.1 Å². The summed E-state index contributed by atoms with van der Waals surface area (Å²) >= 11 is 0. The fraction of sp³-hybridized carbons (Fsp3) is 0.143. The number of methoxy groups -OCH3 is 1. The molecule has 0 radical (unpaired) electrons. The van der Waals surface area contributed by atoms with Crippen LogP contribution in [0.4, 0.5) is 5.69 Å². The number of nitrogens with one attached hydrogen (secondary N) is 1. The summed E-state index contributed by atoms with van der Waals surface area (Å²) in [6, 6.07) is 14.3. The molecule has 8 nitrogen and oxygen atoms in total. The summed E-state index contributed by atoms with van der Waals surface area (Å²) in [5.41, 5.74) is -0.211. The normalized spacial score (nSPS) is 17.3. The number of aromatic nitrogens is 3. The zero-order valence-corrected chi connectivity index (χ0v) is 15.8. The molecular weight excluding hydrogens is 372 g/mol. The van der Waals surface area contributed by atoms with Crippen LogP contribution in [0.25, 0.3) is 17.5 Å². The van der Waals surface area contributed by atoms with E-state index in [0.717, 1.165) is 5.56 Å². The Kier molecular flexibility index (Phi) is 4.38. The van der Waals surface area contributed by atoms with Gasteiger partial charge in [0.05, 0.1) is 7.11 Å². The van der Waals surface area contributed by atoms with Gasteiger partial charge in [0.1, 0.15) is 11.4 Å². The third kappa shape index (κ3) is 3.04. The average Bonchev–Trinajstić information content (AvgIpc) is 2.73. The van der Waals surface area contributed by atoms with E-state index in [-0.39, 0.29) is 11.5 Å². The molecule has 1 atom stereocenters. The van der Waals surface area contributed by atoms with Gasteiger partial charge in [-0.3, -0.25) is 4.79 Å². The molecule has 4 rings (SSSR count). The van der Waals surface area contributed by atoms with Crippen molar-refractivity contribution in [2.75, 3.05) is 12.4 Å². The van der Waals surface area contributed by atoms with Gasteiger partial charge in [-0.05, 0) is 42.8 Å². The van der Waals surface area contributed by atoms with E-state index in [1.165, 1.54) is 17.7 Å². The van der Waals surface area contributed by atoms with Crippen LogP contribution in [-0.2, 0) is 10.5 Å². The highest BCUT2D eigenvalue weighted by molar-refractivity contribution is 5.90. The average molecular weight is 390 g/mol. The number of carboxylic acids is 1. The van der Waals surface area contributed by atoms with Crippen LogP contribution in [0, 0.1) is 6.92 Å². The van der Waals surface area contributed by atoms with Crippen LogP contribution in [0.5, 0.6) is 5.75 Å². The maximum Gasteiger partial charge on any atom is 0.356 e. The molecule has 0 aliphatic carbocycles. The van der Waals surface area contributed by atoms with Crippen LogP contribution < -0.4 is 15.6 Å². The molecule has 29 heavy (non-hydrogen) atoms. The minimum atomic E-state index is -1.75. The lowest BCUT2D eigenvalue weighted by atomic mass is 10.0. The van der Waals surface area contributed by atoms with Gasteiger partial charge in [0.15, 0.2) is 5.82 Å². The number of carbonyl (C=O) groups is 1. The fourth-order valence-electron chi connectivity index (χ4n) is 3.19. The maximum atomic E-state index is 12.5. The van der Waals surface area contributed by atoms with Crippen LogP contribution in [0.15, 0.2) is 59.4 Å². The summed E-state index contributed by atoms with van der Waals surface area (Å²) in [7, 11) is 1.58. The second-order valence-corrected chi connectivity index (χ2v) is 6.59. The molecule has 0 bridgehead atoms. The van der Waals surface area contributed by atoms with Crippen molar-refractivity contribution >= 4 is 17.7 Å². The number of carboxylic acid groups (broad SMARTS) is 1. The summed E-state index contributed by atoms with van der Waals surface area (Å²) in [4.78, 5) is 28.7. The Bertz CT molecular complexity index is 1180. The van der Waals surface area contributed by atoms with Crippen molar-refractivity contribution in [2.24, 2.45) is 0 Å². The lowest BCUT2D eigenvalue weighted by Gasteiger charge is -2.36. The number of fused-ring (bicyclic) bond motifs is 3. The van der Waals surface area contributed by atoms with Crippen LogP contribution in [-0.4, -0.2) is 33.0 Å². The van der Waals surface area contributed by atoms with Gasteiger partial charge in [0.25, 0.3) is 11.2 Å². The van der Waals surface area contributed by atoms with Gasteiger partial charge in [-0.15, -0.1) is 0 Å². The molecule has 2 N–H and O–H groups in total. The molecule has 0 unspecified atom stereocenters. The Morgan fingerprint density at radius 1 is 1.21 bits per heavy atom. The summed E-state index contributed by atoms with van der Waals surface area (Å²) < 4.78 is 6.39. The minimum Gasteiger partial charge on any atom is -0.497 e. The van der Waals surface area contributed by atoms with Gasteiger partial charge in [0.2, 0.25) is 0 Å². The van der Waals surface area contributed by atoms with E-state index in [4.69, 9.17) is 4.74 Å². The Labute approximate surface area is 166 Å². The van der Waals surface area contributed by atoms with Crippen molar-refractivity contribution < 1.29 is 14.6 Å². The monoisotopic (exact) mass is 390 g/mol. The Balaban J connectivity index is 1.91. The zero-order chi connectivity index (χ0) is 20.6. The van der Waals surface area contributed by atoms with Gasteiger partial charge < -0.3 is 15.2 Å². The van der Waals surface area contributed by atoms with Crippen molar-refractivity contribution in [1.29, 1.82) is 0 Å². The summed E-state index contributed by atoms with van der Waals surface area (Å²) in [5.74, 6) is -0.295. The van der Waals surface area contributed by atoms with Crippen LogP contribution in [0.3, 0.4) is 0 Å². The van der Waals surface area contributed by atoms with Gasteiger partial charge >= 0.3 is 5.97 Å². The lowest BCUT2D eigenvalue weighted by Crippen LogP contribution is -2.52. The van der Waals surface area contributed by atoms with Gasteiger partial charge in [-0.1, -0.05) is 30.3 Å². The number of aliphatic carboxylic acids is 1. The SMILES string of the molecule is COc1ccc(/C=C/[C@@]2(C(=O)O)Nc3ccccc3-c3nc(=O)c(C)nn32)cc1. The van der Waals surface area contributed by atoms with Crippen LogP contribution in [0.2, 0.25) is 0 Å². The summed E-state index contributed by atoms with van der Waals surface area (Å²) in [6.07, 6.45) is 3.17. The molecular formula is C21H18N4O4. The Morgan fingerprint density at radius 3 is 2.62 bits per heavy atom. The predicted octanol–water partition coefficient (Wildman–Crippen LogP) is 2.50. The number of ether oxygens (including phenoxy) is 1. The Morgan fingerprint density at radius 2 is 1.93 bits per heavy atom. The molecule has 1 aliphatic rings. The van der Waals surface area contributed by atoms with Crippen molar-refractivity contribution in [3.05, 3.63) is 76.2 Å². The summed E-state index contributed by atoms with van der Waals surface area (Å²) in [5, 5.41) is 17.5. The molecule has 0 fully saturated rings. The summed E-state index contributed by atoms with van der Waals surface area (Å²) in [6.45, 7) is 1.50. The fourth-order valence-corrected chi connectivity index (χ4v) is 3.19. The zero-order valence-electron chi connectivity index (χ0n) is 15.8. The van der Waals surface area contributed by atoms with E-state index >= 15 is 0 Å². The molecule has 0 saturated heterocycles. The quantitative estimate of drug-likeness (QED) is 0.705. The third-order valence-corrected chi connectivity index (χ3v) is 4.75. The molecule has 3 aromatic rings. The van der Waals surface area contributed by atoms with Crippen molar-refractivity contribution in [1.82, 2.24) is 14.8 Å². The van der Waals surface area contributed by atoms with Crippen molar-refractivity contribution in [3.63, 3.8) is 0 Å². The molecule has 1 aromatic heterocycles. The lowest BCUT2D eigenvalue weighted by molar-refractivity contribution is -0.144. The number of anilines is 1. The number of hydrogen-bond donors (Lipinski definition) is 2. The van der Waals surface area contributed by atoms with E-state index in [1.54, 1.807) is 49.6 Å². The molecule has 1 aliphatic heterocycles. The van der Waals surface area contributed by atoms with E-state index < -0.39 is 17.2 Å². The number of hydrogen-bond acceptors (Lipinski definition) is 6. The number of benzene rings is 2. The molecule has 8 heteroatoms. The minimum absolute atomic E-state index is 0.110. The van der Waals surface area contributed by atoms with Crippen molar-refractivity contribution in [2.45, 2.75) is 12.6 Å². The third-order valence-electron chi connectivity index (χ3n) is 4.75. The first-order valence-corrected chi connectivity index (χ1v) is 8.87. The second-order valence-electron chi connectivity index (χ2n) is 6.59. The van der Waals surface area contributed by atoms with Crippen LogP contribution in [0.1, 0.15) is 11.3 Å². The molecule has 0 saturated carbocycles. The van der Waals surface area contributed by atoms with Gasteiger partial charge in [-0.2, -0.15) is 10.1 Å². The molecule has 2 heterocycles. The highest BCUT2D eigenvalue weighted by atomic mass is 16.5. The van der Waals surface area contributed by atoms with E-state index in [0.29, 0.717) is 17.0 Å². The first kappa shape index (κ1) is 18.4. The largest absolute Gasteiger partial charge is 0.497 e. The van der Waals surface area contributed by atoms with Gasteiger partial charge in [-0.25, -0.2) is 9.48 Å². The van der Waals surface area contributed by atoms with E-state index in [2.05, 4.69) is 15.4 Å². The Hall–Kier alpha value is -3.94. The first-order chi connectivity index (χ1) is 13.9. The molecule has 0 amide bonds. The predicted molar refractivity (Wildman–Crippen MR) is 108 cm³/mol. The number of para-hydroxylation sites is 1. The standard InChI is InChI=1S/C21H18N4O4/c1-13-19(26)22-18-16-5-3-4-6-17(16)23-21(20(27)28,25(18)24-13)12-11-14-7-9-15(29-2)10-8-14/h3-12,23H,1-2H3,(H,27,28)/b12-11+/t21-/m1/s1. The highest BCUT2D eigenvalue weighted by Crippen LogP contribution is 2.37. The second kappa shape index (κ2) is 6.90.